The van der Waals surface area contributed by atoms with E-state index in [0.717, 1.165) is 12.3 Å². The Balaban J connectivity index is 2.45. The molecule has 0 spiro atoms. The summed E-state index contributed by atoms with van der Waals surface area (Å²) >= 11 is 1.69. The van der Waals surface area contributed by atoms with Gasteiger partial charge in [0, 0.05) is 23.2 Å². The normalized spacial score (nSPS) is 12.1. The smallest absolute Gasteiger partial charge is 0.0685 e. The Hall–Kier alpha value is -0.510. The van der Waals surface area contributed by atoms with Crippen molar-refractivity contribution in [1.29, 1.82) is 0 Å². The molecule has 0 aliphatic carbocycles. The summed E-state index contributed by atoms with van der Waals surface area (Å²) in [5.74, 6) is 0.719. The van der Waals surface area contributed by atoms with Crippen molar-refractivity contribution in [3.05, 3.63) is 29.8 Å². The van der Waals surface area contributed by atoms with Gasteiger partial charge in [-0.15, -0.1) is 11.8 Å². The molecule has 0 saturated heterocycles. The first kappa shape index (κ1) is 14.6. The van der Waals surface area contributed by atoms with Crippen molar-refractivity contribution in [2.24, 2.45) is 0 Å². The summed E-state index contributed by atoms with van der Waals surface area (Å²) in [6.45, 7) is 8.87. The third kappa shape index (κ3) is 6.71. The summed E-state index contributed by atoms with van der Waals surface area (Å²) in [6.07, 6.45) is 0. The van der Waals surface area contributed by atoms with Crippen LogP contribution in [0.2, 0.25) is 0 Å². The van der Waals surface area contributed by atoms with Gasteiger partial charge >= 0.3 is 0 Å². The van der Waals surface area contributed by atoms with Crippen molar-refractivity contribution < 1.29 is 5.11 Å². The SMILES string of the molecule is CC(C)NCc1ccc(SCC(C)(C)O)cc1. The standard InChI is InChI=1S/C14H23NOS/c1-11(2)15-9-12-5-7-13(8-6-12)17-10-14(3,4)16/h5-8,11,15-16H,9-10H2,1-4H3. The minimum absolute atomic E-state index is 0.513. The van der Waals surface area contributed by atoms with Crippen LogP contribution in [0.4, 0.5) is 0 Å². The van der Waals surface area contributed by atoms with Gasteiger partial charge in [0.25, 0.3) is 0 Å². The average molecular weight is 253 g/mol. The maximum Gasteiger partial charge on any atom is 0.0685 e. The average Bonchev–Trinajstić information content (AvgIpc) is 2.24. The second-order valence-electron chi connectivity index (χ2n) is 5.28. The van der Waals surface area contributed by atoms with Gasteiger partial charge in [-0.05, 0) is 31.5 Å². The molecule has 0 aromatic heterocycles. The first-order valence-electron chi connectivity index (χ1n) is 6.04. The second-order valence-corrected chi connectivity index (χ2v) is 6.33. The van der Waals surface area contributed by atoms with Crippen LogP contribution in [-0.2, 0) is 6.54 Å². The van der Waals surface area contributed by atoms with Crippen LogP contribution < -0.4 is 5.32 Å². The number of benzene rings is 1. The monoisotopic (exact) mass is 253 g/mol. The molecule has 0 bridgehead atoms. The van der Waals surface area contributed by atoms with Gasteiger partial charge in [0.15, 0.2) is 0 Å². The molecule has 0 amide bonds. The topological polar surface area (TPSA) is 32.3 Å². The van der Waals surface area contributed by atoms with Gasteiger partial charge in [0.05, 0.1) is 5.60 Å². The zero-order valence-corrected chi connectivity index (χ0v) is 12.0. The lowest BCUT2D eigenvalue weighted by molar-refractivity contribution is 0.107. The summed E-state index contributed by atoms with van der Waals surface area (Å²) in [6, 6.07) is 9.03. The number of thioether (sulfide) groups is 1. The Morgan fingerprint density at radius 1 is 1.24 bits per heavy atom. The highest BCUT2D eigenvalue weighted by Crippen LogP contribution is 2.22. The molecule has 0 atom stereocenters. The third-order valence-electron chi connectivity index (χ3n) is 2.23. The molecule has 1 aromatic carbocycles. The molecule has 0 heterocycles. The summed E-state index contributed by atoms with van der Waals surface area (Å²) in [4.78, 5) is 1.21. The first-order valence-corrected chi connectivity index (χ1v) is 7.03. The molecule has 0 unspecified atom stereocenters. The van der Waals surface area contributed by atoms with Crippen LogP contribution in [0.3, 0.4) is 0 Å². The molecule has 0 aliphatic rings. The second kappa shape index (κ2) is 6.43. The van der Waals surface area contributed by atoms with E-state index >= 15 is 0 Å². The fourth-order valence-corrected chi connectivity index (χ4v) is 2.13. The van der Waals surface area contributed by atoms with Crippen molar-refractivity contribution in [2.75, 3.05) is 5.75 Å². The van der Waals surface area contributed by atoms with E-state index in [9.17, 15) is 5.11 Å². The van der Waals surface area contributed by atoms with Crippen LogP contribution in [0.5, 0.6) is 0 Å². The molecule has 0 fully saturated rings. The van der Waals surface area contributed by atoms with Gasteiger partial charge in [-0.2, -0.15) is 0 Å². The highest BCUT2D eigenvalue weighted by Gasteiger charge is 2.12. The Morgan fingerprint density at radius 3 is 2.29 bits per heavy atom. The van der Waals surface area contributed by atoms with Crippen molar-refractivity contribution in [3.8, 4) is 0 Å². The largest absolute Gasteiger partial charge is 0.390 e. The van der Waals surface area contributed by atoms with E-state index in [2.05, 4.69) is 43.4 Å². The Morgan fingerprint density at radius 2 is 1.82 bits per heavy atom. The highest BCUT2D eigenvalue weighted by atomic mass is 32.2. The lowest BCUT2D eigenvalue weighted by Crippen LogP contribution is -2.22. The van der Waals surface area contributed by atoms with Crippen LogP contribution in [0.1, 0.15) is 33.3 Å². The lowest BCUT2D eigenvalue weighted by Gasteiger charge is -2.16. The predicted molar refractivity (Wildman–Crippen MR) is 75.4 cm³/mol. The zero-order chi connectivity index (χ0) is 12.9. The summed E-state index contributed by atoms with van der Waals surface area (Å²) < 4.78 is 0. The third-order valence-corrected chi connectivity index (χ3v) is 3.69. The van der Waals surface area contributed by atoms with Gasteiger partial charge in [-0.25, -0.2) is 0 Å². The maximum absolute atomic E-state index is 9.65. The van der Waals surface area contributed by atoms with Crippen molar-refractivity contribution in [1.82, 2.24) is 5.32 Å². The van der Waals surface area contributed by atoms with Crippen LogP contribution in [-0.4, -0.2) is 22.5 Å². The molecular formula is C14H23NOS. The minimum Gasteiger partial charge on any atom is -0.390 e. The quantitative estimate of drug-likeness (QED) is 0.764. The van der Waals surface area contributed by atoms with E-state index in [-0.39, 0.29) is 0 Å². The molecule has 0 aliphatic heterocycles. The number of hydrogen-bond donors (Lipinski definition) is 2. The van der Waals surface area contributed by atoms with E-state index in [1.165, 1.54) is 10.5 Å². The predicted octanol–water partition coefficient (Wildman–Crippen LogP) is 3.05. The van der Waals surface area contributed by atoms with Crippen LogP contribution in [0.15, 0.2) is 29.2 Å². The van der Waals surface area contributed by atoms with E-state index in [1.54, 1.807) is 11.8 Å². The van der Waals surface area contributed by atoms with Crippen LogP contribution in [0.25, 0.3) is 0 Å². The molecule has 2 N–H and O–H groups in total. The molecule has 96 valence electrons. The van der Waals surface area contributed by atoms with Crippen molar-refractivity contribution in [3.63, 3.8) is 0 Å². The Labute approximate surface area is 109 Å². The van der Waals surface area contributed by atoms with Crippen molar-refractivity contribution >= 4 is 11.8 Å². The molecule has 0 saturated carbocycles. The summed E-state index contributed by atoms with van der Waals surface area (Å²) in [5.41, 5.74) is 0.689. The number of rotatable bonds is 6. The lowest BCUT2D eigenvalue weighted by atomic mass is 10.2. The van der Waals surface area contributed by atoms with Gasteiger partial charge in [-0.3, -0.25) is 0 Å². The molecule has 2 nitrogen and oxygen atoms in total. The first-order chi connectivity index (χ1) is 7.87. The fourth-order valence-electron chi connectivity index (χ4n) is 1.29. The summed E-state index contributed by atoms with van der Waals surface area (Å²) in [5, 5.41) is 13.0. The molecule has 3 heteroatoms. The van der Waals surface area contributed by atoms with Crippen LogP contribution in [0, 0.1) is 0 Å². The Bertz CT molecular complexity index is 327. The van der Waals surface area contributed by atoms with Gasteiger partial charge < -0.3 is 10.4 Å². The van der Waals surface area contributed by atoms with Crippen LogP contribution >= 0.6 is 11.8 Å². The molecule has 17 heavy (non-hydrogen) atoms. The van der Waals surface area contributed by atoms with Crippen molar-refractivity contribution in [2.45, 2.75) is 50.8 Å². The van der Waals surface area contributed by atoms with E-state index in [4.69, 9.17) is 0 Å². The summed E-state index contributed by atoms with van der Waals surface area (Å²) in [7, 11) is 0. The molecule has 0 radical (unpaired) electrons. The minimum atomic E-state index is -0.609. The highest BCUT2D eigenvalue weighted by molar-refractivity contribution is 7.99. The van der Waals surface area contributed by atoms with Gasteiger partial charge in [0.2, 0.25) is 0 Å². The van der Waals surface area contributed by atoms with E-state index in [1.807, 2.05) is 13.8 Å². The van der Waals surface area contributed by atoms with Gasteiger partial charge in [-0.1, -0.05) is 26.0 Å². The maximum atomic E-state index is 9.65. The fraction of sp³-hybridized carbons (Fsp3) is 0.571. The molecular weight excluding hydrogens is 230 g/mol. The van der Waals surface area contributed by atoms with E-state index in [0.29, 0.717) is 6.04 Å². The van der Waals surface area contributed by atoms with Gasteiger partial charge in [0.1, 0.15) is 0 Å². The Kier molecular flexibility index (Phi) is 5.50. The number of hydrogen-bond acceptors (Lipinski definition) is 3. The van der Waals surface area contributed by atoms with E-state index < -0.39 is 5.60 Å². The molecule has 1 rings (SSSR count). The number of aliphatic hydroxyl groups is 1. The number of nitrogens with one attached hydrogen (secondary N) is 1. The zero-order valence-electron chi connectivity index (χ0n) is 11.2. The molecule has 1 aromatic rings.